The number of aromatic nitrogens is 2. The Hall–Kier alpha value is -1.92. The highest BCUT2D eigenvalue weighted by atomic mass is 16.6. The van der Waals surface area contributed by atoms with Crippen molar-refractivity contribution in [1.29, 1.82) is 0 Å². The summed E-state index contributed by atoms with van der Waals surface area (Å²) in [5.41, 5.74) is -0.0394. The molecule has 0 saturated heterocycles. The lowest BCUT2D eigenvalue weighted by Crippen LogP contribution is -2.23. The minimum Gasteiger partial charge on any atom is -0.364 e. The van der Waals surface area contributed by atoms with Gasteiger partial charge in [0.2, 0.25) is 11.6 Å². The predicted octanol–water partition coefficient (Wildman–Crippen LogP) is 1.66. The van der Waals surface area contributed by atoms with Gasteiger partial charge in [0.15, 0.2) is 0 Å². The fraction of sp³-hybridized carbons (Fsp3) is 0.636. The van der Waals surface area contributed by atoms with E-state index in [2.05, 4.69) is 15.3 Å². The second-order valence-electron chi connectivity index (χ2n) is 4.51. The van der Waals surface area contributed by atoms with E-state index in [0.29, 0.717) is 18.3 Å². The van der Waals surface area contributed by atoms with Gasteiger partial charge < -0.3 is 10.2 Å². The number of nitro groups is 1. The summed E-state index contributed by atoms with van der Waals surface area (Å²) in [7, 11) is 1.84. The molecule has 0 unspecified atom stereocenters. The zero-order valence-electron chi connectivity index (χ0n) is 10.6. The zero-order chi connectivity index (χ0) is 13.1. The summed E-state index contributed by atoms with van der Waals surface area (Å²) in [5, 5.41) is 14.1. The lowest BCUT2D eigenvalue weighted by molar-refractivity contribution is -0.383. The Morgan fingerprint density at radius 1 is 1.56 bits per heavy atom. The molecule has 1 aromatic heterocycles. The van der Waals surface area contributed by atoms with Crippen LogP contribution in [0.25, 0.3) is 0 Å². The number of rotatable bonds is 6. The fourth-order valence-electron chi connectivity index (χ4n) is 1.89. The third-order valence-electron chi connectivity index (χ3n) is 2.92. The van der Waals surface area contributed by atoms with Gasteiger partial charge in [-0.3, -0.25) is 10.1 Å². The largest absolute Gasteiger partial charge is 0.364 e. The highest BCUT2D eigenvalue weighted by Gasteiger charge is 2.29. The van der Waals surface area contributed by atoms with Crippen LogP contribution in [0.2, 0.25) is 0 Å². The molecule has 18 heavy (non-hydrogen) atoms. The van der Waals surface area contributed by atoms with E-state index in [1.54, 1.807) is 0 Å². The van der Waals surface area contributed by atoms with Crippen molar-refractivity contribution < 1.29 is 4.92 Å². The summed E-state index contributed by atoms with van der Waals surface area (Å²) in [6.07, 6.45) is 3.76. The molecule has 7 heteroatoms. The van der Waals surface area contributed by atoms with Crippen LogP contribution in [0.1, 0.15) is 19.8 Å². The summed E-state index contributed by atoms with van der Waals surface area (Å²) in [5.74, 6) is 1.32. The number of hydrogen-bond donors (Lipinski definition) is 1. The summed E-state index contributed by atoms with van der Waals surface area (Å²) in [4.78, 5) is 20.6. The molecule has 2 rings (SSSR count). The van der Waals surface area contributed by atoms with Gasteiger partial charge in [0, 0.05) is 20.1 Å². The van der Waals surface area contributed by atoms with Gasteiger partial charge in [0.25, 0.3) is 0 Å². The minimum absolute atomic E-state index is 0.0394. The normalized spacial score (nSPS) is 14.3. The van der Waals surface area contributed by atoms with Crippen LogP contribution in [0.15, 0.2) is 6.33 Å². The van der Waals surface area contributed by atoms with E-state index < -0.39 is 4.92 Å². The lowest BCUT2D eigenvalue weighted by Gasteiger charge is -2.18. The molecule has 1 aliphatic carbocycles. The van der Waals surface area contributed by atoms with Crippen molar-refractivity contribution >= 4 is 17.3 Å². The van der Waals surface area contributed by atoms with Gasteiger partial charge >= 0.3 is 5.69 Å². The van der Waals surface area contributed by atoms with E-state index in [1.807, 2.05) is 18.9 Å². The molecule has 1 aromatic rings. The first-order valence-electron chi connectivity index (χ1n) is 6.07. The maximum atomic E-state index is 11.2. The summed E-state index contributed by atoms with van der Waals surface area (Å²) in [6.45, 7) is 3.27. The maximum Gasteiger partial charge on any atom is 0.353 e. The molecule has 1 fully saturated rings. The van der Waals surface area contributed by atoms with Gasteiger partial charge in [0.05, 0.1) is 4.92 Å². The van der Waals surface area contributed by atoms with Gasteiger partial charge in [-0.05, 0) is 25.7 Å². The zero-order valence-corrected chi connectivity index (χ0v) is 10.6. The molecule has 0 aromatic carbocycles. The topological polar surface area (TPSA) is 84.2 Å². The van der Waals surface area contributed by atoms with Crippen molar-refractivity contribution in [2.75, 3.05) is 30.4 Å². The number of hydrogen-bond acceptors (Lipinski definition) is 6. The first kappa shape index (κ1) is 12.5. The van der Waals surface area contributed by atoms with Crippen molar-refractivity contribution in [3.63, 3.8) is 0 Å². The quantitative estimate of drug-likeness (QED) is 0.611. The monoisotopic (exact) mass is 251 g/mol. The Morgan fingerprint density at radius 3 is 2.83 bits per heavy atom. The second kappa shape index (κ2) is 5.16. The molecule has 0 atom stereocenters. The van der Waals surface area contributed by atoms with Gasteiger partial charge in [-0.2, -0.15) is 0 Å². The van der Waals surface area contributed by atoms with E-state index in [9.17, 15) is 10.1 Å². The fourth-order valence-corrected chi connectivity index (χ4v) is 1.89. The molecule has 0 amide bonds. The maximum absolute atomic E-state index is 11.2. The van der Waals surface area contributed by atoms with Crippen molar-refractivity contribution in [2.45, 2.75) is 19.8 Å². The van der Waals surface area contributed by atoms with Gasteiger partial charge in [-0.1, -0.05) is 0 Å². The van der Waals surface area contributed by atoms with Crippen LogP contribution in [-0.4, -0.2) is 35.0 Å². The van der Waals surface area contributed by atoms with Crippen LogP contribution in [0.3, 0.4) is 0 Å². The number of nitrogens with zero attached hydrogens (tertiary/aromatic N) is 4. The van der Waals surface area contributed by atoms with E-state index in [0.717, 1.165) is 6.54 Å². The molecular formula is C11H17N5O2. The molecule has 1 heterocycles. The molecule has 1 aliphatic rings. The van der Waals surface area contributed by atoms with Crippen LogP contribution in [0.5, 0.6) is 0 Å². The number of anilines is 2. The molecule has 0 spiro atoms. The highest BCUT2D eigenvalue weighted by Crippen LogP contribution is 2.35. The average Bonchev–Trinajstić information content (AvgIpc) is 3.12. The lowest BCUT2D eigenvalue weighted by atomic mass is 10.3. The molecule has 1 N–H and O–H groups in total. The second-order valence-corrected chi connectivity index (χ2v) is 4.51. The van der Waals surface area contributed by atoms with Crippen LogP contribution in [0.4, 0.5) is 17.3 Å². The van der Waals surface area contributed by atoms with Crippen molar-refractivity contribution in [3.8, 4) is 0 Å². The van der Waals surface area contributed by atoms with Crippen molar-refractivity contribution in [3.05, 3.63) is 16.4 Å². The molecule has 0 radical (unpaired) electrons. The average molecular weight is 251 g/mol. The van der Waals surface area contributed by atoms with E-state index >= 15 is 0 Å². The molecule has 0 aliphatic heterocycles. The Morgan fingerprint density at radius 2 is 2.28 bits per heavy atom. The third-order valence-corrected chi connectivity index (χ3v) is 2.92. The first-order chi connectivity index (χ1) is 8.63. The summed E-state index contributed by atoms with van der Waals surface area (Å²) in [6, 6.07) is 0. The van der Waals surface area contributed by atoms with Gasteiger partial charge in [0.1, 0.15) is 6.33 Å². The predicted molar refractivity (Wildman–Crippen MR) is 68.8 cm³/mol. The molecule has 7 nitrogen and oxygen atoms in total. The Labute approximate surface area is 105 Å². The number of nitrogens with one attached hydrogen (secondary N) is 1. The molecule has 0 bridgehead atoms. The summed E-state index contributed by atoms with van der Waals surface area (Å²) >= 11 is 0. The van der Waals surface area contributed by atoms with Crippen molar-refractivity contribution in [2.24, 2.45) is 5.92 Å². The summed E-state index contributed by atoms with van der Waals surface area (Å²) < 4.78 is 0. The van der Waals surface area contributed by atoms with E-state index in [-0.39, 0.29) is 11.5 Å². The minimum atomic E-state index is -0.420. The van der Waals surface area contributed by atoms with Crippen molar-refractivity contribution in [1.82, 2.24) is 9.97 Å². The van der Waals surface area contributed by atoms with Gasteiger partial charge in [-0.25, -0.2) is 9.97 Å². The van der Waals surface area contributed by atoms with Crippen LogP contribution in [-0.2, 0) is 0 Å². The Balaban J connectivity index is 2.31. The van der Waals surface area contributed by atoms with Gasteiger partial charge in [-0.15, -0.1) is 0 Å². The highest BCUT2D eigenvalue weighted by molar-refractivity contribution is 5.70. The molecular weight excluding hydrogens is 234 g/mol. The SMILES string of the molecule is CCNc1ncnc(N(C)CC2CC2)c1[N+](=O)[O-]. The third kappa shape index (κ3) is 2.66. The Kier molecular flexibility index (Phi) is 3.59. The Bertz CT molecular complexity index is 447. The van der Waals surface area contributed by atoms with E-state index in [1.165, 1.54) is 19.2 Å². The first-order valence-corrected chi connectivity index (χ1v) is 6.07. The molecule has 1 saturated carbocycles. The molecule has 98 valence electrons. The van der Waals surface area contributed by atoms with E-state index in [4.69, 9.17) is 0 Å². The van der Waals surface area contributed by atoms with Crippen LogP contribution < -0.4 is 10.2 Å². The smallest absolute Gasteiger partial charge is 0.353 e. The van der Waals surface area contributed by atoms with Crippen LogP contribution >= 0.6 is 0 Å². The standard InChI is InChI=1S/C11H17N5O2/c1-3-12-10-9(16(17)18)11(14-7-13-10)15(2)6-8-4-5-8/h7-8H,3-6H2,1-2H3,(H,12,13,14). The van der Waals surface area contributed by atoms with Crippen LogP contribution in [0, 0.1) is 16.0 Å².